The van der Waals surface area contributed by atoms with E-state index in [4.69, 9.17) is 9.47 Å². The second kappa shape index (κ2) is 9.64. The van der Waals surface area contributed by atoms with Crippen molar-refractivity contribution < 1.29 is 23.5 Å². The summed E-state index contributed by atoms with van der Waals surface area (Å²) in [6, 6.07) is 10.8. The second-order valence-electron chi connectivity index (χ2n) is 7.29. The van der Waals surface area contributed by atoms with Crippen molar-refractivity contribution in [1.29, 1.82) is 0 Å². The standard InChI is InChI=1S/C24H27FN2O4/c1-5-27-19(14-31-20-10-8-7-9-18(20)25)21(23(28)30-6-2)22(26-24(27)29)17-12-11-15(3)13-16(17)4/h7-13,22H,5-6,14H2,1-4H3,(H,26,29). The van der Waals surface area contributed by atoms with Gasteiger partial charge in [-0.15, -0.1) is 0 Å². The van der Waals surface area contributed by atoms with Gasteiger partial charge in [-0.05, 0) is 51.0 Å². The zero-order valence-electron chi connectivity index (χ0n) is 18.2. The largest absolute Gasteiger partial charge is 0.484 e. The molecule has 0 spiro atoms. The van der Waals surface area contributed by atoms with Gasteiger partial charge in [-0.1, -0.05) is 35.9 Å². The highest BCUT2D eigenvalue weighted by molar-refractivity contribution is 5.95. The molecular formula is C24H27FN2O4. The van der Waals surface area contributed by atoms with E-state index in [0.717, 1.165) is 16.7 Å². The molecule has 3 rings (SSSR count). The number of benzene rings is 2. The summed E-state index contributed by atoms with van der Waals surface area (Å²) in [6.07, 6.45) is 0. The van der Waals surface area contributed by atoms with E-state index in [1.807, 2.05) is 32.0 Å². The van der Waals surface area contributed by atoms with Crippen molar-refractivity contribution in [3.8, 4) is 5.75 Å². The molecule has 0 saturated heterocycles. The van der Waals surface area contributed by atoms with Crippen molar-refractivity contribution in [3.63, 3.8) is 0 Å². The Kier molecular flexibility index (Phi) is 6.95. The number of carbonyl (C=O) groups excluding carboxylic acids is 2. The second-order valence-corrected chi connectivity index (χ2v) is 7.29. The number of likely N-dealkylation sites (N-methyl/N-ethyl adjacent to an activating group) is 1. The number of halogens is 1. The van der Waals surface area contributed by atoms with Gasteiger partial charge >= 0.3 is 12.0 Å². The molecule has 7 heteroatoms. The highest BCUT2D eigenvalue weighted by Gasteiger charge is 2.38. The van der Waals surface area contributed by atoms with Crippen LogP contribution >= 0.6 is 0 Å². The van der Waals surface area contributed by atoms with Crippen LogP contribution in [0.5, 0.6) is 5.75 Å². The normalized spacial score (nSPS) is 16.2. The Bertz CT molecular complexity index is 1020. The van der Waals surface area contributed by atoms with E-state index in [0.29, 0.717) is 12.2 Å². The van der Waals surface area contributed by atoms with Gasteiger partial charge in [0.15, 0.2) is 11.6 Å². The molecule has 0 aliphatic carbocycles. The van der Waals surface area contributed by atoms with Crippen molar-refractivity contribution in [1.82, 2.24) is 10.2 Å². The summed E-state index contributed by atoms with van der Waals surface area (Å²) in [5.41, 5.74) is 3.44. The molecule has 1 unspecified atom stereocenters. The van der Waals surface area contributed by atoms with Crippen LogP contribution in [0.1, 0.15) is 36.6 Å². The van der Waals surface area contributed by atoms with Gasteiger partial charge in [0, 0.05) is 6.54 Å². The minimum Gasteiger partial charge on any atom is -0.484 e. The van der Waals surface area contributed by atoms with Crippen LogP contribution in [0.4, 0.5) is 9.18 Å². The molecule has 1 N–H and O–H groups in total. The third-order valence-electron chi connectivity index (χ3n) is 5.19. The van der Waals surface area contributed by atoms with Crippen LogP contribution in [0, 0.1) is 19.7 Å². The molecule has 1 aliphatic heterocycles. The van der Waals surface area contributed by atoms with E-state index in [2.05, 4.69) is 5.32 Å². The Morgan fingerprint density at radius 3 is 2.55 bits per heavy atom. The first-order valence-corrected chi connectivity index (χ1v) is 10.3. The smallest absolute Gasteiger partial charge is 0.338 e. The van der Waals surface area contributed by atoms with E-state index in [1.54, 1.807) is 26.0 Å². The summed E-state index contributed by atoms with van der Waals surface area (Å²) in [5, 5.41) is 2.92. The molecule has 2 aromatic rings. The van der Waals surface area contributed by atoms with Crippen molar-refractivity contribution in [2.45, 2.75) is 33.7 Å². The van der Waals surface area contributed by atoms with Crippen LogP contribution in [-0.2, 0) is 9.53 Å². The summed E-state index contributed by atoms with van der Waals surface area (Å²) >= 11 is 0. The van der Waals surface area contributed by atoms with Crippen LogP contribution in [0.2, 0.25) is 0 Å². The van der Waals surface area contributed by atoms with Gasteiger partial charge < -0.3 is 14.8 Å². The fraction of sp³-hybridized carbons (Fsp3) is 0.333. The quantitative estimate of drug-likeness (QED) is 0.666. The van der Waals surface area contributed by atoms with Crippen LogP contribution in [0.15, 0.2) is 53.7 Å². The van der Waals surface area contributed by atoms with Crippen LogP contribution in [0.25, 0.3) is 0 Å². The average molecular weight is 426 g/mol. The number of esters is 1. The predicted octanol–water partition coefficient (Wildman–Crippen LogP) is 4.42. The van der Waals surface area contributed by atoms with E-state index in [1.165, 1.54) is 17.0 Å². The lowest BCUT2D eigenvalue weighted by Gasteiger charge is -2.36. The summed E-state index contributed by atoms with van der Waals surface area (Å²) in [4.78, 5) is 27.4. The van der Waals surface area contributed by atoms with Gasteiger partial charge in [-0.3, -0.25) is 4.90 Å². The Morgan fingerprint density at radius 1 is 1.16 bits per heavy atom. The topological polar surface area (TPSA) is 67.9 Å². The van der Waals surface area contributed by atoms with Crippen molar-refractivity contribution in [3.05, 3.63) is 76.2 Å². The fourth-order valence-electron chi connectivity index (χ4n) is 3.73. The van der Waals surface area contributed by atoms with Gasteiger partial charge in [0.05, 0.1) is 23.9 Å². The number of carbonyl (C=O) groups is 2. The third-order valence-corrected chi connectivity index (χ3v) is 5.19. The third kappa shape index (κ3) is 4.71. The number of amides is 2. The molecule has 0 radical (unpaired) electrons. The molecule has 164 valence electrons. The maximum atomic E-state index is 14.1. The lowest BCUT2D eigenvalue weighted by molar-refractivity contribution is -0.139. The molecular weight excluding hydrogens is 399 g/mol. The maximum Gasteiger partial charge on any atom is 0.338 e. The zero-order chi connectivity index (χ0) is 22.5. The first-order valence-electron chi connectivity index (χ1n) is 10.3. The SMILES string of the molecule is CCOC(=O)C1=C(COc2ccccc2F)N(CC)C(=O)NC1c1ccc(C)cc1C. The predicted molar refractivity (Wildman–Crippen MR) is 115 cm³/mol. The summed E-state index contributed by atoms with van der Waals surface area (Å²) in [7, 11) is 0. The average Bonchev–Trinajstić information content (AvgIpc) is 2.73. The molecule has 0 saturated carbocycles. The van der Waals surface area contributed by atoms with Gasteiger partial charge in [-0.2, -0.15) is 0 Å². The number of aryl methyl sites for hydroxylation is 2. The lowest BCUT2D eigenvalue weighted by atomic mass is 9.91. The fourth-order valence-corrected chi connectivity index (χ4v) is 3.73. The summed E-state index contributed by atoms with van der Waals surface area (Å²) in [5.74, 6) is -1.02. The number of para-hydroxylation sites is 1. The molecule has 0 bridgehead atoms. The number of rotatable bonds is 7. The molecule has 0 fully saturated rings. The van der Waals surface area contributed by atoms with Crippen LogP contribution in [-0.4, -0.2) is 36.7 Å². The molecule has 1 aliphatic rings. The molecule has 6 nitrogen and oxygen atoms in total. The number of urea groups is 1. The highest BCUT2D eigenvalue weighted by Crippen LogP contribution is 2.34. The van der Waals surface area contributed by atoms with Gasteiger partial charge in [0.1, 0.15) is 6.61 Å². The molecule has 0 aromatic heterocycles. The Labute approximate surface area is 181 Å². The Morgan fingerprint density at radius 2 is 1.90 bits per heavy atom. The highest BCUT2D eigenvalue weighted by atomic mass is 19.1. The molecule has 31 heavy (non-hydrogen) atoms. The number of hydrogen-bond acceptors (Lipinski definition) is 4. The van der Waals surface area contributed by atoms with Gasteiger partial charge in [0.25, 0.3) is 0 Å². The van der Waals surface area contributed by atoms with Crippen molar-refractivity contribution in [2.24, 2.45) is 0 Å². The number of hydrogen-bond donors (Lipinski definition) is 1. The monoisotopic (exact) mass is 426 g/mol. The van der Waals surface area contributed by atoms with E-state index >= 15 is 0 Å². The lowest BCUT2D eigenvalue weighted by Crippen LogP contribution is -2.49. The van der Waals surface area contributed by atoms with Gasteiger partial charge in [0.2, 0.25) is 0 Å². The van der Waals surface area contributed by atoms with Crippen molar-refractivity contribution >= 4 is 12.0 Å². The van der Waals surface area contributed by atoms with Crippen molar-refractivity contribution in [2.75, 3.05) is 19.8 Å². The molecule has 2 aromatic carbocycles. The van der Waals surface area contributed by atoms with E-state index in [9.17, 15) is 14.0 Å². The maximum absolute atomic E-state index is 14.1. The molecule has 1 heterocycles. The van der Waals surface area contributed by atoms with Crippen LogP contribution in [0.3, 0.4) is 0 Å². The minimum atomic E-state index is -0.700. The van der Waals surface area contributed by atoms with Crippen LogP contribution < -0.4 is 10.1 Å². The Balaban J connectivity index is 2.11. The number of ether oxygens (including phenoxy) is 2. The molecule has 1 atom stereocenters. The minimum absolute atomic E-state index is 0.0447. The van der Waals surface area contributed by atoms with Gasteiger partial charge in [-0.25, -0.2) is 14.0 Å². The first-order chi connectivity index (χ1) is 14.9. The summed E-state index contributed by atoms with van der Waals surface area (Å²) in [6.45, 7) is 7.76. The number of nitrogens with one attached hydrogen (secondary N) is 1. The summed E-state index contributed by atoms with van der Waals surface area (Å²) < 4.78 is 25.1. The van der Waals surface area contributed by atoms with E-state index in [-0.39, 0.29) is 30.6 Å². The number of nitrogens with zero attached hydrogens (tertiary/aromatic N) is 1. The Hall–Kier alpha value is -3.35. The zero-order valence-corrected chi connectivity index (χ0v) is 18.2. The van der Waals surface area contributed by atoms with E-state index < -0.39 is 17.8 Å². The first kappa shape index (κ1) is 22.3. The molecule has 2 amide bonds.